The zero-order chi connectivity index (χ0) is 10.0. The number of esters is 1. The summed E-state index contributed by atoms with van der Waals surface area (Å²) in [5.74, 6) is -0.242. The number of hydrogen-bond acceptors (Lipinski definition) is 3. The van der Waals surface area contributed by atoms with Crippen LogP contribution in [-0.4, -0.2) is 12.1 Å². The lowest BCUT2D eigenvalue weighted by Crippen LogP contribution is -2.09. The van der Waals surface area contributed by atoms with Crippen LogP contribution in [0.1, 0.15) is 28.4 Å². The summed E-state index contributed by atoms with van der Waals surface area (Å²) in [5, 5.41) is 0. The van der Waals surface area contributed by atoms with Gasteiger partial charge in [-0.05, 0) is 42.8 Å². The van der Waals surface area contributed by atoms with E-state index in [1.807, 2.05) is 20.8 Å². The molecular formula is C9H11BrO2S. The van der Waals surface area contributed by atoms with Gasteiger partial charge in [-0.15, -0.1) is 11.3 Å². The Hall–Kier alpha value is -0.350. The van der Waals surface area contributed by atoms with Crippen LogP contribution in [0, 0.1) is 6.92 Å². The van der Waals surface area contributed by atoms with Crippen LogP contribution >= 0.6 is 27.3 Å². The summed E-state index contributed by atoms with van der Waals surface area (Å²) in [4.78, 5) is 13.1. The van der Waals surface area contributed by atoms with E-state index in [-0.39, 0.29) is 12.1 Å². The quantitative estimate of drug-likeness (QED) is 0.764. The first-order chi connectivity index (χ1) is 6.00. The van der Waals surface area contributed by atoms with Crippen LogP contribution in [0.3, 0.4) is 0 Å². The van der Waals surface area contributed by atoms with E-state index in [0.29, 0.717) is 4.88 Å². The normalized spacial score (nSPS) is 10.5. The van der Waals surface area contributed by atoms with Gasteiger partial charge in [0.1, 0.15) is 4.88 Å². The second kappa shape index (κ2) is 4.24. The lowest BCUT2D eigenvalue weighted by atomic mass is 10.4. The van der Waals surface area contributed by atoms with Crippen molar-refractivity contribution >= 4 is 33.2 Å². The van der Waals surface area contributed by atoms with E-state index in [4.69, 9.17) is 4.74 Å². The molecule has 0 unspecified atom stereocenters. The predicted octanol–water partition coefficient (Wildman–Crippen LogP) is 3.38. The third kappa shape index (κ3) is 2.81. The van der Waals surface area contributed by atoms with E-state index >= 15 is 0 Å². The number of halogens is 1. The number of aryl methyl sites for hydroxylation is 1. The predicted molar refractivity (Wildman–Crippen MR) is 57.3 cm³/mol. The van der Waals surface area contributed by atoms with Gasteiger partial charge in [0.05, 0.1) is 6.10 Å². The first kappa shape index (κ1) is 10.7. The summed E-state index contributed by atoms with van der Waals surface area (Å²) in [6, 6.07) is 1.80. The SMILES string of the molecule is Cc1sc(C(=O)OC(C)C)cc1Br. The summed E-state index contributed by atoms with van der Waals surface area (Å²) in [6.45, 7) is 5.64. The molecule has 1 aromatic heterocycles. The Morgan fingerprint density at radius 3 is 2.62 bits per heavy atom. The molecule has 1 rings (SSSR count). The van der Waals surface area contributed by atoms with Crippen molar-refractivity contribution in [1.29, 1.82) is 0 Å². The maximum atomic E-state index is 11.4. The van der Waals surface area contributed by atoms with Crippen molar-refractivity contribution in [2.24, 2.45) is 0 Å². The van der Waals surface area contributed by atoms with Crippen molar-refractivity contribution in [1.82, 2.24) is 0 Å². The zero-order valence-electron chi connectivity index (χ0n) is 7.76. The number of carbonyl (C=O) groups excluding carboxylic acids is 1. The molecule has 0 aliphatic carbocycles. The van der Waals surface area contributed by atoms with Crippen LogP contribution < -0.4 is 0 Å². The minimum atomic E-state index is -0.242. The Bertz CT molecular complexity index is 298. The highest BCUT2D eigenvalue weighted by atomic mass is 79.9. The molecule has 0 amide bonds. The first-order valence-electron chi connectivity index (χ1n) is 3.97. The first-order valence-corrected chi connectivity index (χ1v) is 5.58. The molecule has 0 saturated carbocycles. The van der Waals surface area contributed by atoms with Crippen molar-refractivity contribution < 1.29 is 9.53 Å². The van der Waals surface area contributed by atoms with Gasteiger partial charge >= 0.3 is 5.97 Å². The highest BCUT2D eigenvalue weighted by Crippen LogP contribution is 2.26. The van der Waals surface area contributed by atoms with Crippen molar-refractivity contribution in [3.05, 3.63) is 20.3 Å². The van der Waals surface area contributed by atoms with Crippen molar-refractivity contribution in [2.45, 2.75) is 26.9 Å². The maximum Gasteiger partial charge on any atom is 0.348 e. The molecule has 0 aliphatic rings. The molecule has 0 aliphatic heterocycles. The van der Waals surface area contributed by atoms with E-state index in [2.05, 4.69) is 15.9 Å². The third-order valence-corrected chi connectivity index (χ3v) is 3.52. The smallest absolute Gasteiger partial charge is 0.348 e. The molecule has 72 valence electrons. The third-order valence-electron chi connectivity index (χ3n) is 1.40. The molecule has 0 radical (unpaired) electrons. The molecule has 1 aromatic rings. The number of ether oxygens (including phenoxy) is 1. The van der Waals surface area contributed by atoms with Crippen LogP contribution in [0.4, 0.5) is 0 Å². The molecule has 2 nitrogen and oxygen atoms in total. The van der Waals surface area contributed by atoms with Crippen LogP contribution in [0.25, 0.3) is 0 Å². The highest BCUT2D eigenvalue weighted by Gasteiger charge is 2.13. The van der Waals surface area contributed by atoms with Gasteiger partial charge in [-0.2, -0.15) is 0 Å². The zero-order valence-corrected chi connectivity index (χ0v) is 10.2. The Kier molecular flexibility index (Phi) is 3.50. The molecular weight excluding hydrogens is 252 g/mol. The van der Waals surface area contributed by atoms with E-state index in [0.717, 1.165) is 9.35 Å². The van der Waals surface area contributed by atoms with Gasteiger partial charge in [-0.25, -0.2) is 4.79 Å². The topological polar surface area (TPSA) is 26.3 Å². The Morgan fingerprint density at radius 1 is 1.62 bits per heavy atom. The van der Waals surface area contributed by atoms with Gasteiger partial charge < -0.3 is 4.74 Å². The highest BCUT2D eigenvalue weighted by molar-refractivity contribution is 9.10. The largest absolute Gasteiger partial charge is 0.459 e. The fraction of sp³-hybridized carbons (Fsp3) is 0.444. The molecule has 0 bridgehead atoms. The number of hydrogen-bond donors (Lipinski definition) is 0. The molecule has 0 atom stereocenters. The fourth-order valence-corrected chi connectivity index (χ4v) is 2.25. The fourth-order valence-electron chi connectivity index (χ4n) is 0.833. The van der Waals surface area contributed by atoms with Crippen LogP contribution in [0.15, 0.2) is 10.5 Å². The van der Waals surface area contributed by atoms with E-state index < -0.39 is 0 Å². The Labute approximate surface area is 90.0 Å². The van der Waals surface area contributed by atoms with Gasteiger partial charge in [-0.3, -0.25) is 0 Å². The standard InChI is InChI=1S/C9H11BrO2S/c1-5(2)12-9(11)8-4-7(10)6(3)13-8/h4-5H,1-3H3. The van der Waals surface area contributed by atoms with Crippen molar-refractivity contribution in [3.8, 4) is 0 Å². The Balaban J connectivity index is 2.77. The second-order valence-corrected chi connectivity index (χ2v) is 5.08. The van der Waals surface area contributed by atoms with E-state index in [9.17, 15) is 4.79 Å². The Morgan fingerprint density at radius 2 is 2.23 bits per heavy atom. The molecule has 13 heavy (non-hydrogen) atoms. The van der Waals surface area contributed by atoms with Gasteiger partial charge in [0, 0.05) is 9.35 Å². The summed E-state index contributed by atoms with van der Waals surface area (Å²) < 4.78 is 6.02. The van der Waals surface area contributed by atoms with Crippen LogP contribution in [-0.2, 0) is 4.74 Å². The van der Waals surface area contributed by atoms with Gasteiger partial charge in [0.25, 0.3) is 0 Å². The molecule has 0 aromatic carbocycles. The number of thiophene rings is 1. The van der Waals surface area contributed by atoms with Gasteiger partial charge in [-0.1, -0.05) is 0 Å². The van der Waals surface area contributed by atoms with Gasteiger partial charge in [0.15, 0.2) is 0 Å². The number of carbonyl (C=O) groups is 1. The van der Waals surface area contributed by atoms with Gasteiger partial charge in [0.2, 0.25) is 0 Å². The van der Waals surface area contributed by atoms with E-state index in [1.54, 1.807) is 6.07 Å². The van der Waals surface area contributed by atoms with Crippen molar-refractivity contribution in [2.75, 3.05) is 0 Å². The van der Waals surface area contributed by atoms with Crippen LogP contribution in [0.5, 0.6) is 0 Å². The molecule has 1 heterocycles. The minimum Gasteiger partial charge on any atom is -0.459 e. The number of rotatable bonds is 2. The molecule has 0 N–H and O–H groups in total. The molecule has 0 fully saturated rings. The van der Waals surface area contributed by atoms with E-state index in [1.165, 1.54) is 11.3 Å². The summed E-state index contributed by atoms with van der Waals surface area (Å²) in [6.07, 6.45) is -0.0614. The summed E-state index contributed by atoms with van der Waals surface area (Å²) in [7, 11) is 0. The average Bonchev–Trinajstić information content (AvgIpc) is 2.31. The molecule has 0 saturated heterocycles. The van der Waals surface area contributed by atoms with Crippen LogP contribution in [0.2, 0.25) is 0 Å². The molecule has 4 heteroatoms. The average molecular weight is 263 g/mol. The van der Waals surface area contributed by atoms with Crippen molar-refractivity contribution in [3.63, 3.8) is 0 Å². The lowest BCUT2D eigenvalue weighted by molar-refractivity contribution is 0.0384. The second-order valence-electron chi connectivity index (χ2n) is 2.97. The molecule has 0 spiro atoms. The lowest BCUT2D eigenvalue weighted by Gasteiger charge is -2.05. The monoisotopic (exact) mass is 262 g/mol. The summed E-state index contributed by atoms with van der Waals surface area (Å²) >= 11 is 4.80. The maximum absolute atomic E-state index is 11.4. The summed E-state index contributed by atoms with van der Waals surface area (Å²) in [5.41, 5.74) is 0. The minimum absolute atomic E-state index is 0.0614.